The molecule has 2 saturated heterocycles. The monoisotopic (exact) mass is 183 g/mol. The van der Waals surface area contributed by atoms with E-state index in [4.69, 9.17) is 0 Å². The van der Waals surface area contributed by atoms with E-state index in [1.54, 1.807) is 0 Å². The predicted molar refractivity (Wildman–Crippen MR) is 49.2 cm³/mol. The van der Waals surface area contributed by atoms with Crippen LogP contribution in [-0.2, 0) is 4.79 Å². The Hall–Kier alpha value is -0.570. The molecule has 2 aliphatic heterocycles. The molecule has 1 N–H and O–H groups in total. The van der Waals surface area contributed by atoms with Crippen LogP contribution in [0.2, 0.25) is 0 Å². The number of aliphatic hydroxyl groups is 1. The predicted octanol–water partition coefficient (Wildman–Crippen LogP) is 0.770. The van der Waals surface area contributed by atoms with Crippen molar-refractivity contribution in [3.05, 3.63) is 0 Å². The quantitative estimate of drug-likeness (QED) is 0.652. The number of nitrogens with zero attached hydrogens (tertiary/aromatic N) is 1. The number of rotatable bonds is 1. The first kappa shape index (κ1) is 9.00. The third kappa shape index (κ3) is 1.57. The van der Waals surface area contributed by atoms with Gasteiger partial charge in [0, 0.05) is 31.5 Å². The molecule has 0 aromatic rings. The molecule has 2 heterocycles. The van der Waals surface area contributed by atoms with Gasteiger partial charge in [0.1, 0.15) is 0 Å². The summed E-state index contributed by atoms with van der Waals surface area (Å²) in [6, 6.07) is 0.347. The molecule has 0 aromatic heterocycles. The van der Waals surface area contributed by atoms with Gasteiger partial charge in [-0.2, -0.15) is 0 Å². The number of hydrogen-bond donors (Lipinski definition) is 1. The lowest BCUT2D eigenvalue weighted by Crippen LogP contribution is -2.51. The summed E-state index contributed by atoms with van der Waals surface area (Å²) < 4.78 is 0. The Bertz CT molecular complexity index is 205. The minimum absolute atomic E-state index is 0.244. The van der Waals surface area contributed by atoms with Gasteiger partial charge in [-0.05, 0) is 25.7 Å². The number of hydrogen-bond acceptors (Lipinski definition) is 2. The SMILES string of the molecule is O=C1CCC[C@H]2[C@H](CO)CCCN12. The Morgan fingerprint density at radius 3 is 3.00 bits per heavy atom. The van der Waals surface area contributed by atoms with E-state index < -0.39 is 0 Å². The van der Waals surface area contributed by atoms with E-state index in [1.165, 1.54) is 0 Å². The van der Waals surface area contributed by atoms with Gasteiger partial charge in [-0.1, -0.05) is 0 Å². The minimum atomic E-state index is 0.244. The highest BCUT2D eigenvalue weighted by Crippen LogP contribution is 2.30. The van der Waals surface area contributed by atoms with E-state index in [0.717, 1.165) is 32.2 Å². The van der Waals surface area contributed by atoms with Crippen molar-refractivity contribution < 1.29 is 9.90 Å². The molecule has 0 aliphatic carbocycles. The zero-order valence-electron chi connectivity index (χ0n) is 7.91. The van der Waals surface area contributed by atoms with Gasteiger partial charge in [0.2, 0.25) is 5.91 Å². The van der Waals surface area contributed by atoms with Crippen LogP contribution < -0.4 is 0 Å². The summed E-state index contributed by atoms with van der Waals surface area (Å²) >= 11 is 0. The van der Waals surface area contributed by atoms with Crippen molar-refractivity contribution in [2.45, 2.75) is 38.1 Å². The highest BCUT2D eigenvalue weighted by molar-refractivity contribution is 5.77. The molecule has 0 saturated carbocycles. The van der Waals surface area contributed by atoms with Crippen LogP contribution in [0.1, 0.15) is 32.1 Å². The summed E-state index contributed by atoms with van der Waals surface area (Å²) in [5.41, 5.74) is 0. The summed E-state index contributed by atoms with van der Waals surface area (Å²) in [5.74, 6) is 0.646. The van der Waals surface area contributed by atoms with Gasteiger partial charge in [-0.15, -0.1) is 0 Å². The first-order valence-electron chi connectivity index (χ1n) is 5.23. The number of fused-ring (bicyclic) bond motifs is 1. The van der Waals surface area contributed by atoms with E-state index in [-0.39, 0.29) is 6.61 Å². The fraction of sp³-hybridized carbons (Fsp3) is 0.900. The van der Waals surface area contributed by atoms with Gasteiger partial charge in [0.15, 0.2) is 0 Å². The zero-order valence-corrected chi connectivity index (χ0v) is 7.91. The number of amides is 1. The second-order valence-electron chi connectivity index (χ2n) is 4.13. The first-order valence-corrected chi connectivity index (χ1v) is 5.23. The Labute approximate surface area is 78.7 Å². The molecule has 3 heteroatoms. The van der Waals surface area contributed by atoms with Crippen LogP contribution in [0.3, 0.4) is 0 Å². The summed E-state index contributed by atoms with van der Waals surface area (Å²) in [6.07, 6.45) is 4.97. The van der Waals surface area contributed by atoms with Crippen LogP contribution in [0.25, 0.3) is 0 Å². The normalized spacial score (nSPS) is 34.5. The Balaban J connectivity index is 2.09. The smallest absolute Gasteiger partial charge is 0.222 e. The van der Waals surface area contributed by atoms with Crippen LogP contribution >= 0.6 is 0 Å². The van der Waals surface area contributed by atoms with Crippen molar-refractivity contribution in [2.24, 2.45) is 5.92 Å². The number of carbonyl (C=O) groups is 1. The van der Waals surface area contributed by atoms with Gasteiger partial charge in [0.05, 0.1) is 0 Å². The van der Waals surface area contributed by atoms with Gasteiger partial charge in [-0.25, -0.2) is 0 Å². The molecule has 1 amide bonds. The third-order valence-electron chi connectivity index (χ3n) is 3.36. The lowest BCUT2D eigenvalue weighted by atomic mass is 9.84. The Morgan fingerprint density at radius 2 is 2.23 bits per heavy atom. The molecule has 74 valence electrons. The van der Waals surface area contributed by atoms with Gasteiger partial charge in [0.25, 0.3) is 0 Å². The van der Waals surface area contributed by atoms with Crippen LogP contribution in [-0.4, -0.2) is 35.1 Å². The minimum Gasteiger partial charge on any atom is -0.396 e. The molecule has 0 aromatic carbocycles. The Morgan fingerprint density at radius 1 is 1.38 bits per heavy atom. The topological polar surface area (TPSA) is 40.5 Å². The van der Waals surface area contributed by atoms with Crippen molar-refractivity contribution in [3.8, 4) is 0 Å². The molecule has 2 fully saturated rings. The molecule has 0 unspecified atom stereocenters. The lowest BCUT2D eigenvalue weighted by Gasteiger charge is -2.43. The van der Waals surface area contributed by atoms with Crippen molar-refractivity contribution in [1.82, 2.24) is 4.90 Å². The molecule has 2 aliphatic rings. The molecule has 2 rings (SSSR count). The maximum atomic E-state index is 11.5. The van der Waals surface area contributed by atoms with Crippen LogP contribution in [0, 0.1) is 5.92 Å². The van der Waals surface area contributed by atoms with Crippen molar-refractivity contribution >= 4 is 5.91 Å². The maximum Gasteiger partial charge on any atom is 0.222 e. The van der Waals surface area contributed by atoms with E-state index in [2.05, 4.69) is 0 Å². The summed E-state index contributed by atoms with van der Waals surface area (Å²) in [5, 5.41) is 9.18. The average Bonchev–Trinajstić information content (AvgIpc) is 2.18. The summed E-state index contributed by atoms with van der Waals surface area (Å²) in [4.78, 5) is 13.5. The zero-order chi connectivity index (χ0) is 9.26. The molecular weight excluding hydrogens is 166 g/mol. The van der Waals surface area contributed by atoms with Gasteiger partial charge < -0.3 is 10.0 Å². The van der Waals surface area contributed by atoms with E-state index in [9.17, 15) is 9.90 Å². The van der Waals surface area contributed by atoms with E-state index >= 15 is 0 Å². The maximum absolute atomic E-state index is 11.5. The first-order chi connectivity index (χ1) is 6.33. The highest BCUT2D eigenvalue weighted by atomic mass is 16.3. The molecule has 0 bridgehead atoms. The summed E-state index contributed by atoms with van der Waals surface area (Å²) in [7, 11) is 0. The standard InChI is InChI=1S/C10H17NO2/c12-7-8-3-2-6-11-9(8)4-1-5-10(11)13/h8-9,12H,1-7H2/t8-,9-/m0/s1. The lowest BCUT2D eigenvalue weighted by molar-refractivity contribution is -0.140. The molecular formula is C10H17NO2. The molecule has 0 radical (unpaired) electrons. The van der Waals surface area contributed by atoms with Crippen molar-refractivity contribution in [3.63, 3.8) is 0 Å². The van der Waals surface area contributed by atoms with Crippen molar-refractivity contribution in [1.29, 1.82) is 0 Å². The Kier molecular flexibility index (Phi) is 2.54. The third-order valence-corrected chi connectivity index (χ3v) is 3.36. The molecule has 0 spiro atoms. The number of carbonyl (C=O) groups excluding carboxylic acids is 1. The van der Waals surface area contributed by atoms with Gasteiger partial charge >= 0.3 is 0 Å². The number of piperidine rings is 2. The van der Waals surface area contributed by atoms with E-state index in [0.29, 0.717) is 24.3 Å². The fourth-order valence-electron chi connectivity index (χ4n) is 2.66. The highest BCUT2D eigenvalue weighted by Gasteiger charge is 2.35. The van der Waals surface area contributed by atoms with E-state index in [1.807, 2.05) is 4.90 Å². The van der Waals surface area contributed by atoms with Crippen LogP contribution in [0.4, 0.5) is 0 Å². The van der Waals surface area contributed by atoms with Crippen LogP contribution in [0.15, 0.2) is 0 Å². The summed E-state index contributed by atoms with van der Waals surface area (Å²) in [6.45, 7) is 1.16. The van der Waals surface area contributed by atoms with Crippen molar-refractivity contribution in [2.75, 3.05) is 13.2 Å². The number of aliphatic hydroxyl groups excluding tert-OH is 1. The largest absolute Gasteiger partial charge is 0.396 e. The second-order valence-corrected chi connectivity index (χ2v) is 4.13. The second kappa shape index (κ2) is 3.66. The van der Waals surface area contributed by atoms with Gasteiger partial charge in [-0.3, -0.25) is 4.79 Å². The molecule has 3 nitrogen and oxygen atoms in total. The molecule has 2 atom stereocenters. The molecule has 13 heavy (non-hydrogen) atoms. The average molecular weight is 183 g/mol. The van der Waals surface area contributed by atoms with Crippen LogP contribution in [0.5, 0.6) is 0 Å². The fourth-order valence-corrected chi connectivity index (χ4v) is 2.66.